The standard InChI is InChI=1S/C12H18N4O2S/c1-2-13-11-10(16(17)18)12(15-8-14-11)19-9-6-4-3-5-7-9/h8-9H,2-7H2,1H3,(H,13,14,15). The Morgan fingerprint density at radius 3 is 2.79 bits per heavy atom. The number of rotatable bonds is 5. The molecule has 2 rings (SSSR count). The molecule has 0 spiro atoms. The van der Waals surface area contributed by atoms with Crippen LogP contribution in [0.5, 0.6) is 0 Å². The summed E-state index contributed by atoms with van der Waals surface area (Å²) in [6, 6.07) is 0. The van der Waals surface area contributed by atoms with Crippen molar-refractivity contribution in [2.75, 3.05) is 11.9 Å². The van der Waals surface area contributed by atoms with E-state index in [1.54, 1.807) is 0 Å². The molecular formula is C12H18N4O2S. The topological polar surface area (TPSA) is 81.0 Å². The predicted molar refractivity (Wildman–Crippen MR) is 75.6 cm³/mol. The minimum Gasteiger partial charge on any atom is -0.364 e. The Morgan fingerprint density at radius 2 is 2.16 bits per heavy atom. The van der Waals surface area contributed by atoms with Gasteiger partial charge >= 0.3 is 5.69 Å². The number of thioether (sulfide) groups is 1. The van der Waals surface area contributed by atoms with Crippen LogP contribution in [-0.4, -0.2) is 26.7 Å². The van der Waals surface area contributed by atoms with Gasteiger partial charge in [0.1, 0.15) is 6.33 Å². The van der Waals surface area contributed by atoms with E-state index in [1.807, 2.05) is 6.92 Å². The van der Waals surface area contributed by atoms with Gasteiger partial charge in [-0.25, -0.2) is 9.97 Å². The number of hydrogen-bond donors (Lipinski definition) is 1. The number of nitrogens with zero attached hydrogens (tertiary/aromatic N) is 3. The summed E-state index contributed by atoms with van der Waals surface area (Å²) >= 11 is 1.53. The molecule has 0 aliphatic heterocycles. The molecule has 0 aromatic carbocycles. The molecule has 1 fully saturated rings. The lowest BCUT2D eigenvalue weighted by molar-refractivity contribution is -0.387. The summed E-state index contributed by atoms with van der Waals surface area (Å²) in [5, 5.41) is 15.1. The molecule has 1 aliphatic rings. The van der Waals surface area contributed by atoms with E-state index in [0.717, 1.165) is 12.8 Å². The van der Waals surface area contributed by atoms with Crippen LogP contribution in [0.25, 0.3) is 0 Å². The van der Waals surface area contributed by atoms with Crippen LogP contribution < -0.4 is 5.32 Å². The molecule has 0 unspecified atom stereocenters. The van der Waals surface area contributed by atoms with Crippen LogP contribution in [0.3, 0.4) is 0 Å². The maximum Gasteiger partial charge on any atom is 0.343 e. The minimum absolute atomic E-state index is 0.0138. The highest BCUT2D eigenvalue weighted by atomic mass is 32.2. The zero-order valence-electron chi connectivity index (χ0n) is 11.0. The van der Waals surface area contributed by atoms with Gasteiger partial charge in [0.2, 0.25) is 5.82 Å². The van der Waals surface area contributed by atoms with Crippen molar-refractivity contribution in [1.29, 1.82) is 0 Å². The summed E-state index contributed by atoms with van der Waals surface area (Å²) < 4.78 is 0. The van der Waals surface area contributed by atoms with E-state index in [1.165, 1.54) is 37.4 Å². The average Bonchev–Trinajstić information content (AvgIpc) is 2.40. The molecule has 0 radical (unpaired) electrons. The fourth-order valence-corrected chi connectivity index (χ4v) is 3.53. The smallest absolute Gasteiger partial charge is 0.343 e. The Bertz CT molecular complexity index is 449. The van der Waals surface area contributed by atoms with Crippen molar-refractivity contribution in [3.63, 3.8) is 0 Å². The second kappa shape index (κ2) is 6.70. The second-order valence-corrected chi connectivity index (χ2v) is 5.83. The SMILES string of the molecule is CCNc1ncnc(SC2CCCCC2)c1[N+](=O)[O-]. The van der Waals surface area contributed by atoms with E-state index in [9.17, 15) is 10.1 Å². The lowest BCUT2D eigenvalue weighted by Gasteiger charge is -2.20. The molecule has 1 aromatic heterocycles. The van der Waals surface area contributed by atoms with Crippen molar-refractivity contribution in [1.82, 2.24) is 9.97 Å². The van der Waals surface area contributed by atoms with Gasteiger partial charge in [-0.2, -0.15) is 0 Å². The van der Waals surface area contributed by atoms with Gasteiger partial charge in [0.15, 0.2) is 5.03 Å². The van der Waals surface area contributed by atoms with Crippen LogP contribution in [0, 0.1) is 10.1 Å². The molecule has 1 saturated carbocycles. The molecule has 0 amide bonds. The third kappa shape index (κ3) is 3.56. The van der Waals surface area contributed by atoms with Gasteiger partial charge in [0, 0.05) is 11.8 Å². The molecule has 7 heteroatoms. The fraction of sp³-hybridized carbons (Fsp3) is 0.667. The van der Waals surface area contributed by atoms with E-state index in [4.69, 9.17) is 0 Å². The van der Waals surface area contributed by atoms with Crippen molar-refractivity contribution in [2.45, 2.75) is 49.3 Å². The van der Waals surface area contributed by atoms with Crippen LogP contribution in [0.2, 0.25) is 0 Å². The van der Waals surface area contributed by atoms with Crippen molar-refractivity contribution >= 4 is 23.3 Å². The number of hydrogen-bond acceptors (Lipinski definition) is 6. The quantitative estimate of drug-likeness (QED) is 0.507. The molecule has 1 aromatic rings. The summed E-state index contributed by atoms with van der Waals surface area (Å²) in [5.41, 5.74) is 0.0138. The number of nitrogens with one attached hydrogen (secondary N) is 1. The molecule has 1 aliphatic carbocycles. The molecule has 104 valence electrons. The molecule has 6 nitrogen and oxygen atoms in total. The van der Waals surface area contributed by atoms with Crippen LogP contribution in [-0.2, 0) is 0 Å². The molecule has 1 heterocycles. The van der Waals surface area contributed by atoms with E-state index < -0.39 is 0 Å². The van der Waals surface area contributed by atoms with Gasteiger partial charge in [-0.15, -0.1) is 0 Å². The summed E-state index contributed by atoms with van der Waals surface area (Å²) in [6.07, 6.45) is 7.31. The summed E-state index contributed by atoms with van der Waals surface area (Å²) in [4.78, 5) is 18.9. The first-order valence-corrected chi connectivity index (χ1v) is 7.50. The van der Waals surface area contributed by atoms with Crippen LogP contribution >= 0.6 is 11.8 Å². The lowest BCUT2D eigenvalue weighted by atomic mass is 10.0. The van der Waals surface area contributed by atoms with Gasteiger partial charge in [-0.3, -0.25) is 10.1 Å². The monoisotopic (exact) mass is 282 g/mol. The van der Waals surface area contributed by atoms with Gasteiger partial charge in [-0.05, 0) is 19.8 Å². The largest absolute Gasteiger partial charge is 0.364 e. The highest BCUT2D eigenvalue weighted by Gasteiger charge is 2.26. The van der Waals surface area contributed by atoms with Gasteiger partial charge in [0.25, 0.3) is 0 Å². The van der Waals surface area contributed by atoms with Crippen LogP contribution in [0.15, 0.2) is 11.4 Å². The maximum atomic E-state index is 11.2. The maximum absolute atomic E-state index is 11.2. The zero-order valence-corrected chi connectivity index (χ0v) is 11.8. The minimum atomic E-state index is -0.386. The Hall–Kier alpha value is -1.37. The first-order valence-electron chi connectivity index (χ1n) is 6.62. The molecule has 0 saturated heterocycles. The first-order chi connectivity index (χ1) is 9.22. The Balaban J connectivity index is 2.22. The average molecular weight is 282 g/mol. The number of aromatic nitrogens is 2. The third-order valence-electron chi connectivity index (χ3n) is 3.15. The van der Waals surface area contributed by atoms with Crippen molar-refractivity contribution < 1.29 is 4.92 Å². The van der Waals surface area contributed by atoms with E-state index in [2.05, 4.69) is 15.3 Å². The van der Waals surface area contributed by atoms with Gasteiger partial charge in [-0.1, -0.05) is 31.0 Å². The van der Waals surface area contributed by atoms with Gasteiger partial charge in [0.05, 0.1) is 4.92 Å². The van der Waals surface area contributed by atoms with E-state index in [0.29, 0.717) is 22.6 Å². The number of anilines is 1. The highest BCUT2D eigenvalue weighted by Crippen LogP contribution is 2.38. The van der Waals surface area contributed by atoms with E-state index in [-0.39, 0.29) is 10.6 Å². The molecular weight excluding hydrogens is 264 g/mol. The van der Waals surface area contributed by atoms with Crippen molar-refractivity contribution in [3.05, 3.63) is 16.4 Å². The molecule has 1 N–H and O–H groups in total. The van der Waals surface area contributed by atoms with Crippen molar-refractivity contribution in [3.8, 4) is 0 Å². The third-order valence-corrected chi connectivity index (χ3v) is 4.47. The number of nitro groups is 1. The second-order valence-electron chi connectivity index (χ2n) is 4.54. The van der Waals surface area contributed by atoms with Crippen molar-refractivity contribution in [2.24, 2.45) is 0 Å². The molecule has 0 bridgehead atoms. The highest BCUT2D eigenvalue weighted by molar-refractivity contribution is 8.00. The van der Waals surface area contributed by atoms with Crippen LogP contribution in [0.1, 0.15) is 39.0 Å². The predicted octanol–water partition coefficient (Wildman–Crippen LogP) is 3.24. The van der Waals surface area contributed by atoms with Crippen LogP contribution in [0.4, 0.5) is 11.5 Å². The summed E-state index contributed by atoms with van der Waals surface area (Å²) in [6.45, 7) is 2.49. The molecule has 0 atom stereocenters. The Kier molecular flexibility index (Phi) is 4.95. The van der Waals surface area contributed by atoms with Gasteiger partial charge < -0.3 is 5.32 Å². The normalized spacial score (nSPS) is 16.3. The summed E-state index contributed by atoms with van der Waals surface area (Å²) in [7, 11) is 0. The first kappa shape index (κ1) is 14.0. The molecule has 19 heavy (non-hydrogen) atoms. The lowest BCUT2D eigenvalue weighted by Crippen LogP contribution is -2.10. The Labute approximate surface area is 116 Å². The fourth-order valence-electron chi connectivity index (χ4n) is 2.25. The van der Waals surface area contributed by atoms with E-state index >= 15 is 0 Å². The Morgan fingerprint density at radius 1 is 1.42 bits per heavy atom. The zero-order chi connectivity index (χ0) is 13.7. The summed E-state index contributed by atoms with van der Waals surface area (Å²) in [5.74, 6) is 0.320.